The van der Waals surface area contributed by atoms with Crippen molar-refractivity contribution in [3.8, 4) is 0 Å². The van der Waals surface area contributed by atoms with Gasteiger partial charge in [-0.25, -0.2) is 9.97 Å². The second kappa shape index (κ2) is 5.61. The van der Waals surface area contributed by atoms with E-state index in [1.165, 1.54) is 17.7 Å². The third-order valence-electron chi connectivity index (χ3n) is 3.82. The lowest BCUT2D eigenvalue weighted by atomic mass is 10.1. The van der Waals surface area contributed by atoms with E-state index in [-0.39, 0.29) is 5.56 Å². The summed E-state index contributed by atoms with van der Waals surface area (Å²) in [5.74, 6) is 0. The lowest BCUT2D eigenvalue weighted by Crippen LogP contribution is -2.03. The van der Waals surface area contributed by atoms with Gasteiger partial charge in [0.1, 0.15) is 15.2 Å². The first-order valence-electron chi connectivity index (χ1n) is 7.39. The minimum atomic E-state index is -0.146. The number of pyridine rings is 1. The predicted octanol–water partition coefficient (Wildman–Crippen LogP) is 4.57. The Balaban J connectivity index is 1.96. The molecule has 6 nitrogen and oxygen atoms in total. The zero-order valence-corrected chi connectivity index (χ0v) is 13.9. The molecule has 0 aliphatic rings. The number of rotatable bonds is 2. The van der Waals surface area contributed by atoms with Gasteiger partial charge < -0.3 is 4.98 Å². The van der Waals surface area contributed by atoms with Crippen LogP contribution in [0.3, 0.4) is 0 Å². The molecule has 3 heterocycles. The molecule has 0 spiro atoms. The highest BCUT2D eigenvalue weighted by molar-refractivity contribution is 7.25. The number of nitrogens with zero attached hydrogens (tertiary/aromatic N) is 4. The first kappa shape index (κ1) is 14.6. The van der Waals surface area contributed by atoms with E-state index >= 15 is 0 Å². The summed E-state index contributed by atoms with van der Waals surface area (Å²) in [5, 5.41) is 9.54. The maximum absolute atomic E-state index is 12.0. The summed E-state index contributed by atoms with van der Waals surface area (Å²) < 4.78 is 0.583. The molecule has 1 aromatic carbocycles. The van der Waals surface area contributed by atoms with Crippen LogP contribution in [0.1, 0.15) is 11.3 Å². The molecule has 0 aliphatic heterocycles. The van der Waals surface area contributed by atoms with Gasteiger partial charge in [-0.2, -0.15) is 5.11 Å². The number of aromatic nitrogens is 3. The normalized spacial score (nSPS) is 11.8. The van der Waals surface area contributed by atoms with Crippen molar-refractivity contribution < 1.29 is 0 Å². The lowest BCUT2D eigenvalue weighted by molar-refractivity contribution is 1.15. The van der Waals surface area contributed by atoms with Gasteiger partial charge >= 0.3 is 0 Å². The van der Waals surface area contributed by atoms with E-state index in [1.807, 2.05) is 44.2 Å². The van der Waals surface area contributed by atoms with Gasteiger partial charge in [-0.15, -0.1) is 16.5 Å². The molecule has 0 unspecified atom stereocenters. The quantitative estimate of drug-likeness (QED) is 0.545. The topological polar surface area (TPSA) is 83.4 Å². The molecule has 24 heavy (non-hydrogen) atoms. The number of thiophene rings is 1. The van der Waals surface area contributed by atoms with E-state index in [0.29, 0.717) is 15.9 Å². The predicted molar refractivity (Wildman–Crippen MR) is 95.6 cm³/mol. The Kier molecular flexibility index (Phi) is 3.42. The fourth-order valence-corrected chi connectivity index (χ4v) is 3.80. The minimum Gasteiger partial charge on any atom is -0.312 e. The zero-order chi connectivity index (χ0) is 16.7. The number of hydrogen-bond acceptors (Lipinski definition) is 6. The highest BCUT2D eigenvalue weighted by Crippen LogP contribution is 2.37. The number of nitrogens with one attached hydrogen (secondary N) is 1. The fraction of sp³-hybridized carbons (Fsp3) is 0.118. The summed E-state index contributed by atoms with van der Waals surface area (Å²) >= 11 is 1.35. The monoisotopic (exact) mass is 335 g/mol. The van der Waals surface area contributed by atoms with Gasteiger partial charge in [0.25, 0.3) is 5.56 Å². The van der Waals surface area contributed by atoms with E-state index in [1.54, 1.807) is 0 Å². The SMILES string of the molecule is Cc1nc2sc3c(=O)[nH]cnc3c2c(C)c1N=Nc1ccccc1. The van der Waals surface area contributed by atoms with Crippen LogP contribution in [0.2, 0.25) is 0 Å². The first-order chi connectivity index (χ1) is 11.6. The maximum atomic E-state index is 12.0. The lowest BCUT2D eigenvalue weighted by Gasteiger charge is -2.04. The Labute approximate surface area is 140 Å². The summed E-state index contributed by atoms with van der Waals surface area (Å²) in [5.41, 5.74) is 3.73. The molecule has 0 amide bonds. The molecular formula is C17H13N5OS. The maximum Gasteiger partial charge on any atom is 0.268 e. The molecular weight excluding hydrogens is 322 g/mol. The molecule has 0 fully saturated rings. The highest BCUT2D eigenvalue weighted by atomic mass is 32.1. The van der Waals surface area contributed by atoms with Gasteiger partial charge in [-0.05, 0) is 31.5 Å². The van der Waals surface area contributed by atoms with Crippen molar-refractivity contribution in [1.29, 1.82) is 0 Å². The molecule has 1 N–H and O–H groups in total. The second-order valence-electron chi connectivity index (χ2n) is 5.40. The van der Waals surface area contributed by atoms with Crippen molar-refractivity contribution in [3.63, 3.8) is 0 Å². The number of azo groups is 1. The number of fused-ring (bicyclic) bond motifs is 3. The molecule has 0 radical (unpaired) electrons. The van der Waals surface area contributed by atoms with Crippen LogP contribution < -0.4 is 5.56 Å². The van der Waals surface area contributed by atoms with Crippen LogP contribution in [-0.2, 0) is 0 Å². The van der Waals surface area contributed by atoms with Gasteiger partial charge in [-0.3, -0.25) is 4.79 Å². The molecule has 0 bridgehead atoms. The largest absolute Gasteiger partial charge is 0.312 e. The minimum absolute atomic E-state index is 0.146. The van der Waals surface area contributed by atoms with Gasteiger partial charge in [0.2, 0.25) is 0 Å². The van der Waals surface area contributed by atoms with E-state index in [4.69, 9.17) is 0 Å². The first-order valence-corrected chi connectivity index (χ1v) is 8.20. The van der Waals surface area contributed by atoms with Gasteiger partial charge in [-0.1, -0.05) is 18.2 Å². The Morgan fingerprint density at radius 1 is 1.12 bits per heavy atom. The van der Waals surface area contributed by atoms with Gasteiger partial charge in [0, 0.05) is 5.39 Å². The molecule has 118 valence electrons. The van der Waals surface area contributed by atoms with Crippen molar-refractivity contribution in [3.05, 3.63) is 58.3 Å². The molecule has 0 aliphatic carbocycles. The average Bonchev–Trinajstić information content (AvgIpc) is 2.95. The van der Waals surface area contributed by atoms with E-state index < -0.39 is 0 Å². The molecule has 0 saturated carbocycles. The van der Waals surface area contributed by atoms with Crippen molar-refractivity contribution in [2.75, 3.05) is 0 Å². The molecule has 7 heteroatoms. The second-order valence-corrected chi connectivity index (χ2v) is 6.40. The van der Waals surface area contributed by atoms with Crippen molar-refractivity contribution >= 4 is 43.1 Å². The van der Waals surface area contributed by atoms with Crippen molar-refractivity contribution in [1.82, 2.24) is 15.0 Å². The van der Waals surface area contributed by atoms with Crippen LogP contribution in [0.15, 0.2) is 51.7 Å². The number of hydrogen-bond donors (Lipinski definition) is 1. The summed E-state index contributed by atoms with van der Waals surface area (Å²) in [7, 11) is 0. The van der Waals surface area contributed by atoms with Crippen molar-refractivity contribution in [2.45, 2.75) is 13.8 Å². The van der Waals surface area contributed by atoms with Crippen LogP contribution in [-0.4, -0.2) is 15.0 Å². The number of benzene rings is 1. The molecule has 4 aromatic rings. The Morgan fingerprint density at radius 3 is 2.71 bits per heavy atom. The van der Waals surface area contributed by atoms with Gasteiger partial charge in [0.05, 0.1) is 23.2 Å². The van der Waals surface area contributed by atoms with E-state index in [2.05, 4.69) is 25.2 Å². The van der Waals surface area contributed by atoms with Crippen LogP contribution in [0, 0.1) is 13.8 Å². The summed E-state index contributed by atoms with van der Waals surface area (Å²) in [6.45, 7) is 3.86. The average molecular weight is 335 g/mol. The molecule has 0 saturated heterocycles. The smallest absolute Gasteiger partial charge is 0.268 e. The molecule has 0 atom stereocenters. The fourth-order valence-electron chi connectivity index (χ4n) is 2.67. The number of aromatic amines is 1. The number of H-pyrrole nitrogens is 1. The summed E-state index contributed by atoms with van der Waals surface area (Å²) in [4.78, 5) is 24.3. The van der Waals surface area contributed by atoms with Crippen LogP contribution >= 0.6 is 11.3 Å². The third-order valence-corrected chi connectivity index (χ3v) is 4.90. The molecule has 3 aromatic heterocycles. The summed E-state index contributed by atoms with van der Waals surface area (Å²) in [6, 6.07) is 9.54. The van der Waals surface area contributed by atoms with Gasteiger partial charge in [0.15, 0.2) is 0 Å². The van der Waals surface area contributed by atoms with Crippen molar-refractivity contribution in [2.24, 2.45) is 10.2 Å². The third kappa shape index (κ3) is 2.30. The summed E-state index contributed by atoms with van der Waals surface area (Å²) in [6.07, 6.45) is 1.42. The highest BCUT2D eigenvalue weighted by Gasteiger charge is 2.17. The zero-order valence-electron chi connectivity index (χ0n) is 13.1. The Bertz CT molecular complexity index is 1140. The van der Waals surface area contributed by atoms with Crippen LogP contribution in [0.5, 0.6) is 0 Å². The van der Waals surface area contributed by atoms with E-state index in [9.17, 15) is 4.79 Å². The van der Waals surface area contributed by atoms with Crippen LogP contribution in [0.4, 0.5) is 11.4 Å². The Morgan fingerprint density at radius 2 is 1.92 bits per heavy atom. The Hall–Kier alpha value is -2.93. The van der Waals surface area contributed by atoms with Crippen LogP contribution in [0.25, 0.3) is 20.4 Å². The van der Waals surface area contributed by atoms with E-state index in [0.717, 1.165) is 27.2 Å². The molecule has 4 rings (SSSR count). The standard InChI is InChI=1S/C17H13N5OS/c1-9-12-14-15(16(23)19-8-18-14)24-17(12)20-10(2)13(9)22-21-11-6-4-3-5-7-11/h3-8H,1-2H3,(H,18,19,23). The number of aryl methyl sites for hydroxylation is 2.